The molecule has 1 aliphatic heterocycles. The quantitative estimate of drug-likeness (QED) is 0.598. The highest BCUT2D eigenvalue weighted by atomic mass is 16.6. The van der Waals surface area contributed by atoms with Crippen molar-refractivity contribution in [3.05, 3.63) is 39.9 Å². The molecule has 2 unspecified atom stereocenters. The van der Waals surface area contributed by atoms with Gasteiger partial charge in [-0.3, -0.25) is 10.1 Å². The molecule has 0 spiro atoms. The van der Waals surface area contributed by atoms with E-state index in [0.717, 1.165) is 25.1 Å². The number of rotatable bonds is 7. The standard InChI is InChI=1S/C16H25N3O2/c1-13(12-15-4-2-3-10-18-15)17-11-9-14-5-7-16(8-6-14)19(20)21/h5-8,13,15,17-18H,2-4,9-12H2,1H3. The molecule has 2 atom stereocenters. The summed E-state index contributed by atoms with van der Waals surface area (Å²) in [6.45, 7) is 4.29. The molecule has 2 N–H and O–H groups in total. The molecule has 1 saturated heterocycles. The van der Waals surface area contributed by atoms with Gasteiger partial charge < -0.3 is 10.6 Å². The number of benzene rings is 1. The molecule has 0 aromatic heterocycles. The van der Waals surface area contributed by atoms with Crippen LogP contribution in [0.2, 0.25) is 0 Å². The summed E-state index contributed by atoms with van der Waals surface area (Å²) in [7, 11) is 0. The molecule has 2 rings (SSSR count). The highest BCUT2D eigenvalue weighted by molar-refractivity contribution is 5.32. The number of hydrogen-bond acceptors (Lipinski definition) is 4. The van der Waals surface area contributed by atoms with Crippen molar-refractivity contribution >= 4 is 5.69 Å². The van der Waals surface area contributed by atoms with E-state index in [0.29, 0.717) is 12.1 Å². The van der Waals surface area contributed by atoms with Gasteiger partial charge in [0.2, 0.25) is 0 Å². The van der Waals surface area contributed by atoms with Crippen LogP contribution in [0.4, 0.5) is 5.69 Å². The molecule has 0 amide bonds. The maximum atomic E-state index is 10.6. The molecule has 5 nitrogen and oxygen atoms in total. The first kappa shape index (κ1) is 15.9. The van der Waals surface area contributed by atoms with Crippen molar-refractivity contribution in [3.8, 4) is 0 Å². The average Bonchev–Trinajstić information content (AvgIpc) is 2.49. The molecule has 1 aromatic rings. The molecule has 1 heterocycles. The van der Waals surface area contributed by atoms with Crippen molar-refractivity contribution in [2.24, 2.45) is 0 Å². The molecule has 0 bridgehead atoms. The van der Waals surface area contributed by atoms with Crippen LogP contribution in [0, 0.1) is 10.1 Å². The minimum atomic E-state index is -0.360. The zero-order valence-electron chi connectivity index (χ0n) is 12.7. The first-order valence-electron chi connectivity index (χ1n) is 7.85. The first-order chi connectivity index (χ1) is 10.1. The second-order valence-corrected chi connectivity index (χ2v) is 5.91. The lowest BCUT2D eigenvalue weighted by atomic mass is 9.99. The summed E-state index contributed by atoms with van der Waals surface area (Å²) in [5.41, 5.74) is 1.29. The van der Waals surface area contributed by atoms with Gasteiger partial charge in [-0.2, -0.15) is 0 Å². The van der Waals surface area contributed by atoms with E-state index in [2.05, 4.69) is 17.6 Å². The lowest BCUT2D eigenvalue weighted by Gasteiger charge is -2.26. The first-order valence-corrected chi connectivity index (χ1v) is 7.85. The maximum absolute atomic E-state index is 10.6. The summed E-state index contributed by atoms with van der Waals surface area (Å²) in [4.78, 5) is 10.2. The molecule has 0 radical (unpaired) electrons. The van der Waals surface area contributed by atoms with Crippen molar-refractivity contribution in [3.63, 3.8) is 0 Å². The van der Waals surface area contributed by atoms with Crippen LogP contribution in [-0.4, -0.2) is 30.1 Å². The maximum Gasteiger partial charge on any atom is 0.269 e. The Hall–Kier alpha value is -1.46. The van der Waals surface area contributed by atoms with Gasteiger partial charge in [0.15, 0.2) is 0 Å². The van der Waals surface area contributed by atoms with Crippen molar-refractivity contribution in [2.75, 3.05) is 13.1 Å². The second-order valence-electron chi connectivity index (χ2n) is 5.91. The fourth-order valence-electron chi connectivity index (χ4n) is 2.88. The summed E-state index contributed by atoms with van der Waals surface area (Å²) in [5, 5.41) is 17.7. The molecule has 1 aromatic carbocycles. The van der Waals surface area contributed by atoms with Crippen LogP contribution in [0.1, 0.15) is 38.2 Å². The zero-order chi connectivity index (χ0) is 15.1. The fourth-order valence-corrected chi connectivity index (χ4v) is 2.88. The Kier molecular flexibility index (Phi) is 6.14. The van der Waals surface area contributed by atoms with Gasteiger partial charge in [-0.15, -0.1) is 0 Å². The van der Waals surface area contributed by atoms with Gasteiger partial charge in [0.05, 0.1) is 4.92 Å². The van der Waals surface area contributed by atoms with Gasteiger partial charge in [-0.05, 0) is 51.3 Å². The van der Waals surface area contributed by atoms with Crippen LogP contribution in [0.5, 0.6) is 0 Å². The highest BCUT2D eigenvalue weighted by Gasteiger charge is 2.15. The molecule has 1 aliphatic rings. The number of nitrogens with zero attached hydrogens (tertiary/aromatic N) is 1. The summed E-state index contributed by atoms with van der Waals surface area (Å²) >= 11 is 0. The Bertz CT molecular complexity index is 441. The largest absolute Gasteiger partial charge is 0.314 e. The summed E-state index contributed by atoms with van der Waals surface area (Å²) < 4.78 is 0. The van der Waals surface area contributed by atoms with Crippen LogP contribution >= 0.6 is 0 Å². The van der Waals surface area contributed by atoms with Crippen LogP contribution in [0.15, 0.2) is 24.3 Å². The molecule has 1 fully saturated rings. The zero-order valence-corrected chi connectivity index (χ0v) is 12.7. The summed E-state index contributed by atoms with van der Waals surface area (Å²) in [6.07, 6.45) is 6.00. The van der Waals surface area contributed by atoms with E-state index in [4.69, 9.17) is 0 Å². The number of nitro benzene ring substituents is 1. The molecular weight excluding hydrogens is 266 g/mol. The lowest BCUT2D eigenvalue weighted by molar-refractivity contribution is -0.384. The van der Waals surface area contributed by atoms with Gasteiger partial charge in [-0.1, -0.05) is 18.6 Å². The predicted octanol–water partition coefficient (Wildman–Crippen LogP) is 2.65. The number of piperidine rings is 1. The van der Waals surface area contributed by atoms with Crippen molar-refractivity contribution in [1.82, 2.24) is 10.6 Å². The van der Waals surface area contributed by atoms with Crippen LogP contribution in [0.25, 0.3) is 0 Å². The third-order valence-corrected chi connectivity index (χ3v) is 4.10. The van der Waals surface area contributed by atoms with Crippen molar-refractivity contribution in [2.45, 2.75) is 51.1 Å². The third-order valence-electron chi connectivity index (χ3n) is 4.10. The molecule has 0 aliphatic carbocycles. The van der Waals surface area contributed by atoms with Gasteiger partial charge in [0.1, 0.15) is 0 Å². The number of hydrogen-bond donors (Lipinski definition) is 2. The van der Waals surface area contributed by atoms with Crippen molar-refractivity contribution in [1.29, 1.82) is 0 Å². The van der Waals surface area contributed by atoms with Gasteiger partial charge in [-0.25, -0.2) is 0 Å². The number of non-ortho nitro benzene ring substituents is 1. The monoisotopic (exact) mass is 291 g/mol. The van der Waals surface area contributed by atoms with E-state index in [1.54, 1.807) is 12.1 Å². The minimum Gasteiger partial charge on any atom is -0.314 e. The average molecular weight is 291 g/mol. The van der Waals surface area contributed by atoms with E-state index in [9.17, 15) is 10.1 Å². The smallest absolute Gasteiger partial charge is 0.269 e. The molecule has 21 heavy (non-hydrogen) atoms. The Balaban J connectivity index is 1.67. The SMILES string of the molecule is CC(CC1CCCCN1)NCCc1ccc([N+](=O)[O-])cc1. The minimum absolute atomic E-state index is 0.156. The lowest BCUT2D eigenvalue weighted by Crippen LogP contribution is -2.40. The Labute approximate surface area is 126 Å². The van der Waals surface area contributed by atoms with E-state index in [-0.39, 0.29) is 10.6 Å². The topological polar surface area (TPSA) is 67.2 Å². The molecular formula is C16H25N3O2. The van der Waals surface area contributed by atoms with Crippen molar-refractivity contribution < 1.29 is 4.92 Å². The normalized spacial score (nSPS) is 20.1. The molecule has 0 saturated carbocycles. The molecule has 116 valence electrons. The predicted molar refractivity (Wildman–Crippen MR) is 84.5 cm³/mol. The molecule has 5 heteroatoms. The van der Waals surface area contributed by atoms with E-state index < -0.39 is 0 Å². The second kappa shape index (κ2) is 8.10. The number of nitro groups is 1. The van der Waals surface area contributed by atoms with Gasteiger partial charge >= 0.3 is 0 Å². The summed E-state index contributed by atoms with van der Waals surface area (Å²) in [5.74, 6) is 0. The third kappa shape index (κ3) is 5.44. The fraction of sp³-hybridized carbons (Fsp3) is 0.625. The summed E-state index contributed by atoms with van der Waals surface area (Å²) in [6, 6.07) is 7.98. The Morgan fingerprint density at radius 1 is 1.38 bits per heavy atom. The van der Waals surface area contributed by atoms with Gasteiger partial charge in [0, 0.05) is 24.2 Å². The Morgan fingerprint density at radius 3 is 2.76 bits per heavy atom. The highest BCUT2D eigenvalue weighted by Crippen LogP contribution is 2.13. The van der Waals surface area contributed by atoms with E-state index >= 15 is 0 Å². The van der Waals surface area contributed by atoms with E-state index in [1.165, 1.54) is 25.7 Å². The van der Waals surface area contributed by atoms with Gasteiger partial charge in [0.25, 0.3) is 5.69 Å². The Morgan fingerprint density at radius 2 is 2.14 bits per heavy atom. The van der Waals surface area contributed by atoms with E-state index in [1.807, 2.05) is 12.1 Å². The van der Waals surface area contributed by atoms with Crippen LogP contribution < -0.4 is 10.6 Å². The van der Waals surface area contributed by atoms with Crippen LogP contribution in [-0.2, 0) is 6.42 Å². The van der Waals surface area contributed by atoms with Crippen LogP contribution in [0.3, 0.4) is 0 Å². The number of nitrogens with one attached hydrogen (secondary N) is 2.